The van der Waals surface area contributed by atoms with E-state index in [1.165, 1.54) is 44.6 Å². The van der Waals surface area contributed by atoms with E-state index in [1.807, 2.05) is 12.5 Å². The highest BCUT2D eigenvalue weighted by Crippen LogP contribution is 2.18. The number of imidazole rings is 1. The highest BCUT2D eigenvalue weighted by molar-refractivity contribution is 4.98. The summed E-state index contributed by atoms with van der Waals surface area (Å²) in [6.07, 6.45) is 7.89. The first-order chi connectivity index (χ1) is 10.2. The van der Waals surface area contributed by atoms with E-state index >= 15 is 0 Å². The molecule has 1 fully saturated rings. The van der Waals surface area contributed by atoms with E-state index in [0.29, 0.717) is 0 Å². The van der Waals surface area contributed by atoms with Crippen LogP contribution in [0.25, 0.3) is 0 Å². The molecule has 0 spiro atoms. The Hall–Kier alpha value is -0.870. The maximum Gasteiger partial charge on any atom is 0.0948 e. The minimum atomic E-state index is 0.744. The van der Waals surface area contributed by atoms with Crippen molar-refractivity contribution < 1.29 is 0 Å². The SMILES string of the molecule is CCCn1cncc1CN1CCCC(CNCC(C)C)C1. The number of aromatic nitrogens is 2. The van der Waals surface area contributed by atoms with Crippen molar-refractivity contribution >= 4 is 0 Å². The number of nitrogens with one attached hydrogen (secondary N) is 1. The van der Waals surface area contributed by atoms with Crippen molar-refractivity contribution in [3.05, 3.63) is 18.2 Å². The van der Waals surface area contributed by atoms with Crippen LogP contribution in [0.5, 0.6) is 0 Å². The van der Waals surface area contributed by atoms with Crippen LogP contribution in [0.3, 0.4) is 0 Å². The van der Waals surface area contributed by atoms with Gasteiger partial charge < -0.3 is 9.88 Å². The molecular weight excluding hydrogens is 260 g/mol. The van der Waals surface area contributed by atoms with Gasteiger partial charge in [0.05, 0.1) is 12.0 Å². The van der Waals surface area contributed by atoms with E-state index in [4.69, 9.17) is 0 Å². The molecule has 1 saturated heterocycles. The number of nitrogens with zero attached hydrogens (tertiary/aromatic N) is 3. The number of hydrogen-bond acceptors (Lipinski definition) is 3. The summed E-state index contributed by atoms with van der Waals surface area (Å²) < 4.78 is 2.31. The summed E-state index contributed by atoms with van der Waals surface area (Å²) in [5.41, 5.74) is 1.37. The summed E-state index contributed by atoms with van der Waals surface area (Å²) in [7, 11) is 0. The van der Waals surface area contributed by atoms with Gasteiger partial charge >= 0.3 is 0 Å². The van der Waals surface area contributed by atoms with Gasteiger partial charge in [0.1, 0.15) is 0 Å². The fourth-order valence-corrected chi connectivity index (χ4v) is 3.19. The fourth-order valence-electron chi connectivity index (χ4n) is 3.19. The molecule has 0 bridgehead atoms. The van der Waals surface area contributed by atoms with Crippen molar-refractivity contribution in [3.8, 4) is 0 Å². The Morgan fingerprint density at radius 2 is 2.29 bits per heavy atom. The van der Waals surface area contributed by atoms with Gasteiger partial charge in [-0.2, -0.15) is 0 Å². The lowest BCUT2D eigenvalue weighted by Crippen LogP contribution is -2.40. The summed E-state index contributed by atoms with van der Waals surface area (Å²) in [5.74, 6) is 1.55. The fraction of sp³-hybridized carbons (Fsp3) is 0.824. The van der Waals surface area contributed by atoms with E-state index in [9.17, 15) is 0 Å². The van der Waals surface area contributed by atoms with Crippen molar-refractivity contribution in [1.82, 2.24) is 19.8 Å². The van der Waals surface area contributed by atoms with Crippen LogP contribution >= 0.6 is 0 Å². The molecule has 2 rings (SSSR count). The Kier molecular flexibility index (Phi) is 6.71. The molecule has 1 N–H and O–H groups in total. The molecule has 1 aliphatic rings. The van der Waals surface area contributed by atoms with Gasteiger partial charge in [0.25, 0.3) is 0 Å². The summed E-state index contributed by atoms with van der Waals surface area (Å²) in [5, 5.41) is 3.62. The summed E-state index contributed by atoms with van der Waals surface area (Å²) in [4.78, 5) is 6.92. The van der Waals surface area contributed by atoms with Crippen LogP contribution in [0.4, 0.5) is 0 Å². The van der Waals surface area contributed by atoms with Crippen molar-refractivity contribution in [1.29, 1.82) is 0 Å². The van der Waals surface area contributed by atoms with Crippen LogP contribution in [-0.2, 0) is 13.1 Å². The molecule has 1 aromatic rings. The zero-order valence-corrected chi connectivity index (χ0v) is 14.0. The number of hydrogen-bond donors (Lipinski definition) is 1. The zero-order chi connectivity index (χ0) is 15.1. The van der Waals surface area contributed by atoms with E-state index in [2.05, 4.69) is 40.5 Å². The van der Waals surface area contributed by atoms with E-state index in [0.717, 1.165) is 31.5 Å². The third kappa shape index (κ3) is 5.44. The first kappa shape index (κ1) is 16.5. The Labute approximate surface area is 129 Å². The third-order valence-electron chi connectivity index (χ3n) is 4.24. The molecule has 0 saturated carbocycles. The van der Waals surface area contributed by atoms with E-state index in [-0.39, 0.29) is 0 Å². The maximum absolute atomic E-state index is 4.32. The molecule has 4 nitrogen and oxygen atoms in total. The van der Waals surface area contributed by atoms with Crippen LogP contribution in [0.1, 0.15) is 45.7 Å². The number of aryl methyl sites for hydroxylation is 1. The molecular formula is C17H32N4. The third-order valence-corrected chi connectivity index (χ3v) is 4.24. The van der Waals surface area contributed by atoms with Gasteiger partial charge in [-0.05, 0) is 50.7 Å². The average Bonchev–Trinajstić information content (AvgIpc) is 2.87. The summed E-state index contributed by atoms with van der Waals surface area (Å²) >= 11 is 0. The molecule has 21 heavy (non-hydrogen) atoms. The van der Waals surface area contributed by atoms with Gasteiger partial charge in [0.15, 0.2) is 0 Å². The van der Waals surface area contributed by atoms with Crippen molar-refractivity contribution in [2.24, 2.45) is 11.8 Å². The Morgan fingerprint density at radius 1 is 1.43 bits per heavy atom. The second-order valence-electron chi connectivity index (χ2n) is 6.87. The molecule has 1 unspecified atom stereocenters. The van der Waals surface area contributed by atoms with Crippen molar-refractivity contribution in [3.63, 3.8) is 0 Å². The first-order valence-electron chi connectivity index (χ1n) is 8.61. The molecule has 0 aromatic carbocycles. The lowest BCUT2D eigenvalue weighted by Gasteiger charge is -2.33. The number of likely N-dealkylation sites (tertiary alicyclic amines) is 1. The Bertz CT molecular complexity index is 399. The molecule has 2 heterocycles. The van der Waals surface area contributed by atoms with Gasteiger partial charge in [-0.25, -0.2) is 4.98 Å². The van der Waals surface area contributed by atoms with Crippen LogP contribution in [0, 0.1) is 11.8 Å². The number of rotatable bonds is 8. The van der Waals surface area contributed by atoms with Gasteiger partial charge in [0.2, 0.25) is 0 Å². The predicted molar refractivity (Wildman–Crippen MR) is 88.2 cm³/mol. The molecule has 0 radical (unpaired) electrons. The van der Waals surface area contributed by atoms with Crippen LogP contribution in [0.15, 0.2) is 12.5 Å². The predicted octanol–water partition coefficient (Wildman–Crippen LogP) is 2.75. The smallest absolute Gasteiger partial charge is 0.0948 e. The lowest BCUT2D eigenvalue weighted by molar-refractivity contribution is 0.161. The largest absolute Gasteiger partial charge is 0.333 e. The average molecular weight is 292 g/mol. The van der Waals surface area contributed by atoms with Crippen molar-refractivity contribution in [2.45, 2.75) is 53.1 Å². The standard InChI is InChI=1S/C17H32N4/c1-4-7-21-14-19-11-17(21)13-20-8-5-6-16(12-20)10-18-9-15(2)3/h11,14-16,18H,4-10,12-13H2,1-3H3. The minimum Gasteiger partial charge on any atom is -0.333 e. The summed E-state index contributed by atoms with van der Waals surface area (Å²) in [6, 6.07) is 0. The lowest BCUT2D eigenvalue weighted by atomic mass is 9.97. The second kappa shape index (κ2) is 8.54. The highest BCUT2D eigenvalue weighted by atomic mass is 15.2. The molecule has 4 heteroatoms. The minimum absolute atomic E-state index is 0.744. The molecule has 1 aliphatic heterocycles. The van der Waals surface area contributed by atoms with Gasteiger partial charge in [0, 0.05) is 25.8 Å². The molecule has 120 valence electrons. The zero-order valence-electron chi connectivity index (χ0n) is 14.0. The van der Waals surface area contributed by atoms with Gasteiger partial charge in [-0.3, -0.25) is 4.90 Å². The molecule has 1 atom stereocenters. The van der Waals surface area contributed by atoms with E-state index in [1.54, 1.807) is 0 Å². The topological polar surface area (TPSA) is 33.1 Å². The van der Waals surface area contributed by atoms with Crippen LogP contribution in [-0.4, -0.2) is 40.6 Å². The quantitative estimate of drug-likeness (QED) is 0.800. The van der Waals surface area contributed by atoms with Crippen LogP contribution in [0.2, 0.25) is 0 Å². The maximum atomic E-state index is 4.32. The first-order valence-corrected chi connectivity index (χ1v) is 8.61. The summed E-state index contributed by atoms with van der Waals surface area (Å²) in [6.45, 7) is 13.7. The Balaban J connectivity index is 1.79. The van der Waals surface area contributed by atoms with E-state index < -0.39 is 0 Å². The van der Waals surface area contributed by atoms with Crippen LogP contribution < -0.4 is 5.32 Å². The van der Waals surface area contributed by atoms with Gasteiger partial charge in [-0.1, -0.05) is 20.8 Å². The monoisotopic (exact) mass is 292 g/mol. The van der Waals surface area contributed by atoms with Gasteiger partial charge in [-0.15, -0.1) is 0 Å². The normalized spacial score (nSPS) is 20.3. The second-order valence-corrected chi connectivity index (χ2v) is 6.87. The molecule has 0 aliphatic carbocycles. The molecule has 1 aromatic heterocycles. The Morgan fingerprint density at radius 3 is 3.05 bits per heavy atom. The molecule has 0 amide bonds. The highest BCUT2D eigenvalue weighted by Gasteiger charge is 2.20. The number of piperidine rings is 1. The van der Waals surface area contributed by atoms with Crippen molar-refractivity contribution in [2.75, 3.05) is 26.2 Å².